The summed E-state index contributed by atoms with van der Waals surface area (Å²) in [5.74, 6) is -0.0752. The Kier molecular flexibility index (Phi) is 4.61. The van der Waals surface area contributed by atoms with Crippen LogP contribution in [0.2, 0.25) is 0 Å². The van der Waals surface area contributed by atoms with Crippen LogP contribution in [0.25, 0.3) is 0 Å². The van der Waals surface area contributed by atoms with E-state index in [2.05, 4.69) is 10.2 Å². The second-order valence-corrected chi connectivity index (χ2v) is 2.98. The van der Waals surface area contributed by atoms with Crippen LogP contribution in [0.15, 0.2) is 42.6 Å². The minimum absolute atomic E-state index is 0. The average molecular weight is 224 g/mol. The van der Waals surface area contributed by atoms with Gasteiger partial charge in [-0.2, -0.15) is 5.10 Å². The van der Waals surface area contributed by atoms with Gasteiger partial charge in [0.25, 0.3) is 0 Å². The average Bonchev–Trinajstić information content (AvgIpc) is 2.30. The Hall–Kier alpha value is -1.23. The molecule has 5 heteroatoms. The molecule has 4 nitrogen and oxygen atoms in total. The SMILES string of the molecule is O=C(c1ccc(O)cc1)c1cccnn1.[NaH]. The normalized spacial score (nSPS) is 9.25. The van der Waals surface area contributed by atoms with Gasteiger partial charge < -0.3 is 5.11 Å². The van der Waals surface area contributed by atoms with Gasteiger partial charge in [-0.3, -0.25) is 4.79 Å². The number of hydrogen-bond donors (Lipinski definition) is 1. The Labute approximate surface area is 115 Å². The second-order valence-electron chi connectivity index (χ2n) is 2.98. The molecule has 1 aromatic heterocycles. The third kappa shape index (κ3) is 2.88. The van der Waals surface area contributed by atoms with E-state index in [0.29, 0.717) is 11.3 Å². The van der Waals surface area contributed by atoms with Crippen LogP contribution < -0.4 is 0 Å². The predicted octanol–water partition coefficient (Wildman–Crippen LogP) is 0.765. The number of aromatic nitrogens is 2. The third-order valence-electron chi connectivity index (χ3n) is 1.93. The molecule has 0 unspecified atom stereocenters. The zero-order valence-corrected chi connectivity index (χ0v) is 7.79. The van der Waals surface area contributed by atoms with Gasteiger partial charge in [-0.25, -0.2) is 0 Å². The first kappa shape index (κ1) is 12.8. The van der Waals surface area contributed by atoms with Gasteiger partial charge in [0.05, 0.1) is 0 Å². The number of rotatable bonds is 2. The van der Waals surface area contributed by atoms with E-state index in [1.807, 2.05) is 0 Å². The summed E-state index contributed by atoms with van der Waals surface area (Å²) in [7, 11) is 0. The maximum atomic E-state index is 11.8. The Balaban J connectivity index is 0.00000128. The molecule has 1 aromatic carbocycles. The summed E-state index contributed by atoms with van der Waals surface area (Å²) in [6, 6.07) is 9.27. The fourth-order valence-electron chi connectivity index (χ4n) is 1.18. The van der Waals surface area contributed by atoms with Gasteiger partial charge in [0.15, 0.2) is 0 Å². The molecule has 0 bridgehead atoms. The molecular weight excluding hydrogens is 215 g/mol. The number of ketones is 1. The standard InChI is InChI=1S/C11H8N2O2.Na.H/c14-9-5-3-8(4-6-9)11(15)10-2-1-7-12-13-10;;/h1-7,14H;;. The first-order valence-corrected chi connectivity index (χ1v) is 4.39. The van der Waals surface area contributed by atoms with E-state index in [0.717, 1.165) is 0 Å². The molecule has 1 heterocycles. The van der Waals surface area contributed by atoms with Crippen molar-refractivity contribution in [1.29, 1.82) is 0 Å². The molecule has 0 aliphatic heterocycles. The van der Waals surface area contributed by atoms with Crippen LogP contribution in [0.4, 0.5) is 0 Å². The number of hydrogen-bond acceptors (Lipinski definition) is 4. The van der Waals surface area contributed by atoms with Crippen molar-refractivity contribution in [1.82, 2.24) is 10.2 Å². The van der Waals surface area contributed by atoms with Gasteiger partial charge in [0.1, 0.15) is 11.4 Å². The van der Waals surface area contributed by atoms with Gasteiger partial charge in [0.2, 0.25) is 5.78 Å². The number of aromatic hydroxyl groups is 1. The summed E-state index contributed by atoms with van der Waals surface area (Å²) >= 11 is 0. The van der Waals surface area contributed by atoms with Crippen LogP contribution in [0.3, 0.4) is 0 Å². The molecule has 76 valence electrons. The molecule has 0 saturated carbocycles. The van der Waals surface area contributed by atoms with E-state index >= 15 is 0 Å². The predicted molar refractivity (Wildman–Crippen MR) is 60.7 cm³/mol. The van der Waals surface area contributed by atoms with Crippen LogP contribution in [-0.4, -0.2) is 50.6 Å². The second kappa shape index (κ2) is 5.75. The minimum atomic E-state index is -0.205. The molecule has 0 radical (unpaired) electrons. The molecular formula is C11H9N2NaO2. The van der Waals surface area contributed by atoms with E-state index in [4.69, 9.17) is 5.11 Å². The number of nitrogens with zero attached hydrogens (tertiary/aromatic N) is 2. The van der Waals surface area contributed by atoms with Crippen molar-refractivity contribution in [3.05, 3.63) is 53.9 Å². The summed E-state index contributed by atoms with van der Waals surface area (Å²) in [6.45, 7) is 0. The number of carbonyl (C=O) groups is 1. The van der Waals surface area contributed by atoms with Crippen molar-refractivity contribution in [3.63, 3.8) is 0 Å². The van der Waals surface area contributed by atoms with Gasteiger partial charge >= 0.3 is 29.6 Å². The molecule has 0 amide bonds. The number of benzene rings is 1. The molecule has 2 rings (SSSR count). The fourth-order valence-corrected chi connectivity index (χ4v) is 1.18. The van der Waals surface area contributed by atoms with E-state index < -0.39 is 0 Å². The molecule has 0 saturated heterocycles. The molecule has 16 heavy (non-hydrogen) atoms. The van der Waals surface area contributed by atoms with Crippen molar-refractivity contribution >= 4 is 35.3 Å². The fraction of sp³-hybridized carbons (Fsp3) is 0. The maximum absolute atomic E-state index is 11.8. The van der Waals surface area contributed by atoms with Crippen LogP contribution in [0.1, 0.15) is 16.1 Å². The zero-order chi connectivity index (χ0) is 10.7. The van der Waals surface area contributed by atoms with Crippen LogP contribution >= 0.6 is 0 Å². The van der Waals surface area contributed by atoms with E-state index in [-0.39, 0.29) is 41.1 Å². The molecule has 0 spiro atoms. The Bertz CT molecular complexity index is 471. The molecule has 0 fully saturated rings. The monoisotopic (exact) mass is 224 g/mol. The first-order valence-electron chi connectivity index (χ1n) is 4.39. The zero-order valence-electron chi connectivity index (χ0n) is 7.79. The van der Waals surface area contributed by atoms with Crippen LogP contribution in [-0.2, 0) is 0 Å². The van der Waals surface area contributed by atoms with Crippen molar-refractivity contribution in [2.24, 2.45) is 0 Å². The van der Waals surface area contributed by atoms with Gasteiger partial charge in [-0.1, -0.05) is 0 Å². The Morgan fingerprint density at radius 1 is 1.12 bits per heavy atom. The number of phenolic OH excluding ortho intramolecular Hbond substituents is 1. The summed E-state index contributed by atoms with van der Waals surface area (Å²) in [4.78, 5) is 11.8. The summed E-state index contributed by atoms with van der Waals surface area (Å²) < 4.78 is 0. The van der Waals surface area contributed by atoms with Gasteiger partial charge in [0, 0.05) is 11.8 Å². The van der Waals surface area contributed by atoms with E-state index in [9.17, 15) is 4.79 Å². The molecule has 0 atom stereocenters. The quantitative estimate of drug-likeness (QED) is 0.604. The Morgan fingerprint density at radius 3 is 2.38 bits per heavy atom. The van der Waals surface area contributed by atoms with Crippen molar-refractivity contribution < 1.29 is 9.90 Å². The number of phenols is 1. The van der Waals surface area contributed by atoms with Crippen molar-refractivity contribution in [2.45, 2.75) is 0 Å². The number of carbonyl (C=O) groups excluding carboxylic acids is 1. The molecule has 1 N–H and O–H groups in total. The van der Waals surface area contributed by atoms with Crippen molar-refractivity contribution in [3.8, 4) is 5.75 Å². The Morgan fingerprint density at radius 2 is 1.81 bits per heavy atom. The van der Waals surface area contributed by atoms with Crippen LogP contribution in [0.5, 0.6) is 5.75 Å². The summed E-state index contributed by atoms with van der Waals surface area (Å²) in [5, 5.41) is 16.4. The molecule has 0 aliphatic rings. The molecule has 0 aliphatic carbocycles. The summed E-state index contributed by atoms with van der Waals surface area (Å²) in [6.07, 6.45) is 1.51. The molecule has 2 aromatic rings. The first-order chi connectivity index (χ1) is 7.27. The third-order valence-corrected chi connectivity index (χ3v) is 1.93. The summed E-state index contributed by atoms with van der Waals surface area (Å²) in [5.41, 5.74) is 0.775. The van der Waals surface area contributed by atoms with E-state index in [1.54, 1.807) is 24.3 Å². The van der Waals surface area contributed by atoms with Gasteiger partial charge in [-0.15, -0.1) is 5.10 Å². The van der Waals surface area contributed by atoms with E-state index in [1.165, 1.54) is 18.3 Å². The van der Waals surface area contributed by atoms with Crippen LogP contribution in [0, 0.1) is 0 Å². The van der Waals surface area contributed by atoms with Gasteiger partial charge in [-0.05, 0) is 36.4 Å². The topological polar surface area (TPSA) is 63.1 Å². The van der Waals surface area contributed by atoms with Crippen molar-refractivity contribution in [2.75, 3.05) is 0 Å².